The van der Waals surface area contributed by atoms with E-state index in [9.17, 15) is 49.8 Å². The van der Waals surface area contributed by atoms with Gasteiger partial charge < -0.3 is 45.4 Å². The summed E-state index contributed by atoms with van der Waals surface area (Å²) in [5.41, 5.74) is -5.91. The summed E-state index contributed by atoms with van der Waals surface area (Å²) < 4.78 is 10.6. The van der Waals surface area contributed by atoms with Crippen molar-refractivity contribution >= 4 is 23.8 Å². The van der Waals surface area contributed by atoms with Gasteiger partial charge in [0.05, 0.1) is 6.04 Å². The van der Waals surface area contributed by atoms with Gasteiger partial charge in [0.25, 0.3) is 0 Å². The number of amides is 1. The summed E-state index contributed by atoms with van der Waals surface area (Å²) in [4.78, 5) is 48.0. The highest BCUT2D eigenvalue weighted by Gasteiger charge is 2.84. The molecule has 2 fully saturated rings. The van der Waals surface area contributed by atoms with E-state index in [2.05, 4.69) is 11.9 Å². The van der Waals surface area contributed by atoms with Crippen LogP contribution in [0.1, 0.15) is 32.3 Å². The lowest BCUT2D eigenvalue weighted by Gasteiger charge is -2.48. The van der Waals surface area contributed by atoms with Gasteiger partial charge in [0.2, 0.25) is 23.2 Å². The number of aliphatic carboxylic acids is 3. The van der Waals surface area contributed by atoms with Gasteiger partial charge in [-0.15, -0.1) is 0 Å². The number of ether oxygens (including phenoxy) is 2. The first-order chi connectivity index (χ1) is 17.6. The van der Waals surface area contributed by atoms with Gasteiger partial charge >= 0.3 is 17.9 Å². The lowest BCUT2D eigenvalue weighted by molar-refractivity contribution is -0.374. The molecule has 8 atom stereocenters. The molecule has 0 radical (unpaired) electrons. The third-order valence-corrected chi connectivity index (χ3v) is 7.19. The van der Waals surface area contributed by atoms with E-state index in [1.807, 2.05) is 37.3 Å². The van der Waals surface area contributed by atoms with E-state index in [1.165, 1.54) is 6.92 Å². The molecule has 2 bridgehead atoms. The van der Waals surface area contributed by atoms with Crippen LogP contribution in [0, 0.1) is 5.92 Å². The summed E-state index contributed by atoms with van der Waals surface area (Å²) in [5.74, 6) is -9.70. The number of fused-ring (bicyclic) bond motifs is 2. The molecule has 1 amide bonds. The van der Waals surface area contributed by atoms with Crippen molar-refractivity contribution in [2.75, 3.05) is 0 Å². The van der Waals surface area contributed by atoms with E-state index >= 15 is 0 Å². The highest BCUT2D eigenvalue weighted by Crippen LogP contribution is 2.54. The van der Waals surface area contributed by atoms with E-state index in [0.29, 0.717) is 12.0 Å². The number of carbonyl (C=O) groups excluding carboxylic acids is 1. The molecule has 0 saturated carbocycles. The van der Waals surface area contributed by atoms with Gasteiger partial charge in [0.1, 0.15) is 12.2 Å². The molecule has 2 saturated heterocycles. The Bertz CT molecular complexity index is 1120. The fraction of sp³-hybridized carbons (Fsp3) is 0.520. The highest BCUT2D eigenvalue weighted by atomic mass is 16.8. The standard InChI is InChI=1S/C25H31NO12/c1-12(16(26-14(3)27)13(2)11-15-7-5-4-6-8-15)9-10-23-17(28)18(29)25(38-23,22(34)35)24(36,21(32)33)19(37-23)20(30)31/h4-8,13,16-19,28-29,36H,1,9-11H2,2-3H3,(H,26,27)(H,30,31)(H,32,33)(H,34,35)/t13-,16+,17-,18-,19-,23+,24-,25+/m1/s1. The van der Waals surface area contributed by atoms with Crippen LogP contribution < -0.4 is 5.32 Å². The van der Waals surface area contributed by atoms with Crippen molar-refractivity contribution in [3.63, 3.8) is 0 Å². The maximum absolute atomic E-state index is 12.2. The maximum Gasteiger partial charge on any atom is 0.343 e. The van der Waals surface area contributed by atoms with Gasteiger partial charge in [-0.25, -0.2) is 14.4 Å². The quantitative estimate of drug-likeness (QED) is 0.174. The Kier molecular flexibility index (Phi) is 8.01. The Morgan fingerprint density at radius 2 is 1.66 bits per heavy atom. The van der Waals surface area contributed by atoms with E-state index in [4.69, 9.17) is 9.47 Å². The van der Waals surface area contributed by atoms with Crippen molar-refractivity contribution in [1.82, 2.24) is 5.32 Å². The Labute approximate surface area is 217 Å². The zero-order valence-corrected chi connectivity index (χ0v) is 20.7. The van der Waals surface area contributed by atoms with Gasteiger partial charge in [-0.3, -0.25) is 4.79 Å². The van der Waals surface area contributed by atoms with Gasteiger partial charge in [-0.1, -0.05) is 49.4 Å². The van der Waals surface area contributed by atoms with Gasteiger partial charge in [0, 0.05) is 13.3 Å². The molecule has 208 valence electrons. The molecule has 0 aliphatic carbocycles. The fourth-order valence-corrected chi connectivity index (χ4v) is 5.28. The first-order valence-corrected chi connectivity index (χ1v) is 11.8. The minimum atomic E-state index is -3.80. The van der Waals surface area contributed by atoms with Crippen LogP contribution in [0.2, 0.25) is 0 Å². The monoisotopic (exact) mass is 537 g/mol. The van der Waals surface area contributed by atoms with Crippen LogP contribution in [0.3, 0.4) is 0 Å². The van der Waals surface area contributed by atoms with Crippen LogP contribution in [0.25, 0.3) is 0 Å². The number of rotatable bonds is 11. The topological polar surface area (TPSA) is 220 Å². The Morgan fingerprint density at radius 1 is 1.05 bits per heavy atom. The number of carbonyl (C=O) groups is 4. The number of carboxylic acid groups (broad SMARTS) is 3. The van der Waals surface area contributed by atoms with Crippen molar-refractivity contribution in [2.45, 2.75) is 74.5 Å². The van der Waals surface area contributed by atoms with Crippen molar-refractivity contribution in [1.29, 1.82) is 0 Å². The van der Waals surface area contributed by atoms with Crippen molar-refractivity contribution in [3.8, 4) is 0 Å². The summed E-state index contributed by atoms with van der Waals surface area (Å²) in [7, 11) is 0. The Morgan fingerprint density at radius 3 is 2.16 bits per heavy atom. The summed E-state index contributed by atoms with van der Waals surface area (Å²) >= 11 is 0. The molecule has 0 spiro atoms. The first kappa shape index (κ1) is 29.2. The van der Waals surface area contributed by atoms with Crippen molar-refractivity contribution in [2.24, 2.45) is 5.92 Å². The molecule has 1 aromatic rings. The van der Waals surface area contributed by atoms with E-state index in [0.717, 1.165) is 5.56 Å². The van der Waals surface area contributed by atoms with Gasteiger partial charge in [0.15, 0.2) is 5.79 Å². The van der Waals surface area contributed by atoms with Crippen LogP contribution in [0.5, 0.6) is 0 Å². The number of nitrogens with one attached hydrogen (secondary N) is 1. The Hall–Kier alpha value is -3.36. The van der Waals surface area contributed by atoms with Crippen LogP contribution >= 0.6 is 0 Å². The summed E-state index contributed by atoms with van der Waals surface area (Å²) in [6, 6.07) is 8.77. The second-order valence-corrected chi connectivity index (χ2v) is 9.76. The SMILES string of the molecule is C=C(CC[C@]12O[C@H](C(=O)O)[C@@](O)(C(=O)O)[C@](C(=O)O)(O1)[C@H](O)[C@H]2O)[C@H](NC(C)=O)[C@H](C)Cc1ccccc1. The zero-order chi connectivity index (χ0) is 28.6. The molecule has 13 nitrogen and oxygen atoms in total. The largest absolute Gasteiger partial charge is 0.479 e. The lowest BCUT2D eigenvalue weighted by Crippen LogP contribution is -2.77. The normalized spacial score (nSPS) is 33.7. The van der Waals surface area contributed by atoms with Crippen LogP contribution in [0.4, 0.5) is 0 Å². The second kappa shape index (κ2) is 10.4. The molecule has 3 rings (SSSR count). The fourth-order valence-electron chi connectivity index (χ4n) is 5.28. The molecule has 38 heavy (non-hydrogen) atoms. The zero-order valence-electron chi connectivity index (χ0n) is 20.7. The number of hydrogen-bond donors (Lipinski definition) is 7. The third-order valence-electron chi connectivity index (χ3n) is 7.19. The average Bonchev–Trinajstić information content (AvgIpc) is 3.04. The van der Waals surface area contributed by atoms with Gasteiger partial charge in [-0.05, 0) is 24.3 Å². The Balaban J connectivity index is 1.93. The number of hydrogen-bond acceptors (Lipinski definition) is 9. The van der Waals surface area contributed by atoms with Crippen LogP contribution in [-0.4, -0.2) is 95.8 Å². The van der Waals surface area contributed by atoms with E-state index < -0.39 is 65.7 Å². The minimum Gasteiger partial charge on any atom is -0.479 e. The summed E-state index contributed by atoms with van der Waals surface area (Å²) in [6.07, 6.45) is -7.66. The smallest absolute Gasteiger partial charge is 0.343 e. The number of benzene rings is 1. The molecule has 2 aliphatic rings. The molecule has 1 aromatic carbocycles. The van der Waals surface area contributed by atoms with Crippen LogP contribution in [-0.2, 0) is 35.1 Å². The average molecular weight is 538 g/mol. The number of carboxylic acids is 3. The molecule has 0 aromatic heterocycles. The summed E-state index contributed by atoms with van der Waals surface area (Å²) in [5, 5.41) is 64.1. The molecular weight excluding hydrogens is 506 g/mol. The predicted molar refractivity (Wildman–Crippen MR) is 127 cm³/mol. The molecule has 2 aliphatic heterocycles. The van der Waals surface area contributed by atoms with Gasteiger partial charge in [-0.2, -0.15) is 0 Å². The maximum atomic E-state index is 12.2. The minimum absolute atomic E-state index is 0.138. The first-order valence-electron chi connectivity index (χ1n) is 11.8. The van der Waals surface area contributed by atoms with Crippen molar-refractivity contribution in [3.05, 3.63) is 48.0 Å². The molecule has 13 heteroatoms. The number of aliphatic hydroxyl groups excluding tert-OH is 2. The molecule has 2 heterocycles. The van der Waals surface area contributed by atoms with E-state index in [-0.39, 0.29) is 18.2 Å². The summed E-state index contributed by atoms with van der Waals surface area (Å²) in [6.45, 7) is 7.17. The predicted octanol–water partition coefficient (Wildman–Crippen LogP) is -0.723. The van der Waals surface area contributed by atoms with E-state index in [1.54, 1.807) is 0 Å². The third kappa shape index (κ3) is 4.56. The highest BCUT2D eigenvalue weighted by molar-refractivity contribution is 5.97. The van der Waals surface area contributed by atoms with Crippen molar-refractivity contribution < 1.29 is 59.3 Å². The lowest BCUT2D eigenvalue weighted by atomic mass is 9.74. The molecule has 7 N–H and O–H groups in total. The second-order valence-electron chi connectivity index (χ2n) is 9.76. The molecular formula is C25H31NO12. The molecule has 0 unspecified atom stereocenters. The van der Waals surface area contributed by atoms with Crippen LogP contribution in [0.15, 0.2) is 42.5 Å². The number of aliphatic hydroxyl groups is 3.